The normalized spacial score (nSPS) is 10.8. The molecule has 0 aromatic heterocycles. The molecule has 0 heterocycles. The molecule has 0 spiro atoms. The van der Waals surface area contributed by atoms with Crippen molar-refractivity contribution in [3.63, 3.8) is 0 Å². The van der Waals surface area contributed by atoms with Gasteiger partial charge in [-0.2, -0.15) is 8.42 Å². The summed E-state index contributed by atoms with van der Waals surface area (Å²) in [7, 11) is -4.40. The molecule has 1 aromatic carbocycles. The Morgan fingerprint density at radius 3 is 2.06 bits per heavy atom. The Hall–Kier alpha value is -0.620. The maximum Gasteiger partial charge on any atom is 0.413 e. The summed E-state index contributed by atoms with van der Waals surface area (Å²) in [4.78, 5) is 0. The van der Waals surface area contributed by atoms with Crippen molar-refractivity contribution in [1.82, 2.24) is 0 Å². The highest BCUT2D eigenvalue weighted by Crippen LogP contribution is 2.05. The van der Waals surface area contributed by atoms with E-state index in [1.807, 2.05) is 0 Å². The van der Waals surface area contributed by atoms with Gasteiger partial charge in [0.15, 0.2) is 0 Å². The smallest absolute Gasteiger partial charge is 0.263 e. The van der Waals surface area contributed by atoms with Gasteiger partial charge in [0.1, 0.15) is 0 Å². The summed E-state index contributed by atoms with van der Waals surface area (Å²) in [5, 5.41) is 0. The molecular weight excluding hydrogens is 252 g/mol. The van der Waals surface area contributed by atoms with Crippen LogP contribution in [0.3, 0.4) is 0 Å². The van der Waals surface area contributed by atoms with Gasteiger partial charge in [-0.1, -0.05) is 44.2 Å². The van der Waals surface area contributed by atoms with Gasteiger partial charge < -0.3 is 0 Å². The van der Waals surface area contributed by atoms with Crippen molar-refractivity contribution < 1.29 is 16.7 Å². The van der Waals surface area contributed by atoms with Crippen LogP contribution in [0, 0.1) is 5.92 Å². The van der Waals surface area contributed by atoms with Crippen molar-refractivity contribution in [1.29, 1.82) is 0 Å². The topological polar surface area (TPSA) is 63.6 Å². The van der Waals surface area contributed by atoms with E-state index in [1.54, 1.807) is 0 Å². The van der Waals surface area contributed by atoms with Crippen molar-refractivity contribution in [3.8, 4) is 0 Å². The summed E-state index contributed by atoms with van der Waals surface area (Å²) in [5.74, 6) is 0.766. The molecule has 0 aliphatic heterocycles. The molecule has 0 atom stereocenters. The van der Waals surface area contributed by atoms with E-state index in [9.17, 15) is 8.42 Å². The van der Waals surface area contributed by atoms with Gasteiger partial charge in [0.25, 0.3) is 0 Å². The Balaban J connectivity index is 0.000000325. The first-order valence-corrected chi connectivity index (χ1v) is 6.34. The van der Waals surface area contributed by atoms with Gasteiger partial charge in [-0.3, -0.25) is 4.55 Å². The van der Waals surface area contributed by atoms with E-state index in [1.165, 1.54) is 12.0 Å². The summed E-state index contributed by atoms with van der Waals surface area (Å²) in [6.07, 6.45) is 1.20. The van der Waals surface area contributed by atoms with Crippen LogP contribution in [-0.4, -0.2) is 13.0 Å². The number of hydrogen-bond donors (Lipinski definition) is 1. The molecule has 1 rings (SSSR count). The van der Waals surface area contributed by atoms with Crippen molar-refractivity contribution in [2.24, 2.45) is 5.92 Å². The quantitative estimate of drug-likeness (QED) is 0.855. The van der Waals surface area contributed by atoms with Crippen molar-refractivity contribution in [2.75, 3.05) is 0 Å². The molecule has 0 aliphatic carbocycles. The van der Waals surface area contributed by atoms with Crippen molar-refractivity contribution >= 4 is 22.3 Å². The average molecular weight is 267 g/mol. The molecule has 0 amide bonds. The number of rotatable bonds is 3. The van der Waals surface area contributed by atoms with E-state index >= 15 is 0 Å². The summed E-state index contributed by atoms with van der Waals surface area (Å²) in [5.41, 5.74) is 1.44. The molecule has 0 saturated carbocycles. The molecule has 92 valence electrons. The predicted octanol–water partition coefficient (Wildman–Crippen LogP) is 2.84. The SMILES string of the molecule is CC(C)Cc1ccccc1.O=S(=O)(O)OCl. The second-order valence-electron chi connectivity index (χ2n) is 3.57. The molecule has 1 N–H and O–H groups in total. The van der Waals surface area contributed by atoms with E-state index in [2.05, 4.69) is 59.8 Å². The fraction of sp³-hybridized carbons (Fsp3) is 0.400. The lowest BCUT2D eigenvalue weighted by Gasteiger charge is -2.02. The molecule has 0 bridgehead atoms. The fourth-order valence-corrected chi connectivity index (χ4v) is 1.09. The van der Waals surface area contributed by atoms with Crippen LogP contribution in [0.4, 0.5) is 0 Å². The summed E-state index contributed by atoms with van der Waals surface area (Å²) < 4.78 is 28.8. The molecule has 1 aromatic rings. The standard InChI is InChI=1S/C10H14.ClHO4S/c1-9(2)8-10-6-4-3-5-7-10;1-5-6(2,3)4/h3-7,9H,8H2,1-2H3;(H,2,3,4). The Kier molecular flexibility index (Phi) is 7.33. The molecule has 0 radical (unpaired) electrons. The molecule has 16 heavy (non-hydrogen) atoms. The Bertz CT molecular complexity index is 375. The largest absolute Gasteiger partial charge is 0.413 e. The Morgan fingerprint density at radius 1 is 1.31 bits per heavy atom. The lowest BCUT2D eigenvalue weighted by molar-refractivity contribution is 0.400. The molecule has 0 aliphatic rings. The monoisotopic (exact) mass is 266 g/mol. The minimum absolute atomic E-state index is 0.766. The van der Waals surface area contributed by atoms with E-state index in [4.69, 9.17) is 4.55 Å². The third-order valence-electron chi connectivity index (χ3n) is 1.57. The van der Waals surface area contributed by atoms with Gasteiger partial charge in [-0.15, -0.1) is 3.74 Å². The number of halogens is 1. The minimum Gasteiger partial charge on any atom is -0.263 e. The second kappa shape index (κ2) is 7.62. The maximum absolute atomic E-state index is 9.20. The van der Waals surface area contributed by atoms with E-state index in [0.29, 0.717) is 0 Å². The third-order valence-corrected chi connectivity index (χ3v) is 2.20. The van der Waals surface area contributed by atoms with Crippen LogP contribution >= 0.6 is 11.9 Å². The summed E-state index contributed by atoms with van der Waals surface area (Å²) in [6, 6.07) is 10.6. The maximum atomic E-state index is 9.20. The van der Waals surface area contributed by atoms with E-state index < -0.39 is 10.4 Å². The highest BCUT2D eigenvalue weighted by molar-refractivity contribution is 7.81. The van der Waals surface area contributed by atoms with Gasteiger partial charge in [-0.05, 0) is 17.9 Å². The van der Waals surface area contributed by atoms with Crippen LogP contribution < -0.4 is 0 Å². The van der Waals surface area contributed by atoms with E-state index in [-0.39, 0.29) is 0 Å². The highest BCUT2D eigenvalue weighted by Gasteiger charge is 1.97. The molecule has 0 unspecified atom stereocenters. The Labute approximate surface area is 101 Å². The minimum atomic E-state index is -4.40. The van der Waals surface area contributed by atoms with Crippen LogP contribution in [0.2, 0.25) is 0 Å². The predicted molar refractivity (Wildman–Crippen MR) is 63.5 cm³/mol. The molecule has 0 fully saturated rings. The molecule has 6 heteroatoms. The summed E-state index contributed by atoms with van der Waals surface area (Å²) in [6.45, 7) is 4.49. The van der Waals surface area contributed by atoms with E-state index in [0.717, 1.165) is 5.92 Å². The second-order valence-corrected chi connectivity index (χ2v) is 4.93. The lowest BCUT2D eigenvalue weighted by Crippen LogP contribution is -1.92. The highest BCUT2D eigenvalue weighted by atomic mass is 35.5. The van der Waals surface area contributed by atoms with Crippen LogP contribution in [0.5, 0.6) is 0 Å². The Morgan fingerprint density at radius 2 is 1.75 bits per heavy atom. The van der Waals surface area contributed by atoms with Crippen LogP contribution in [-0.2, 0) is 20.6 Å². The number of hydrogen-bond acceptors (Lipinski definition) is 3. The molecule has 4 nitrogen and oxygen atoms in total. The van der Waals surface area contributed by atoms with Gasteiger partial charge in [-0.25, -0.2) is 0 Å². The van der Waals surface area contributed by atoms with Gasteiger partial charge in [0.05, 0.1) is 11.9 Å². The van der Waals surface area contributed by atoms with Gasteiger partial charge >= 0.3 is 10.4 Å². The van der Waals surface area contributed by atoms with Gasteiger partial charge in [0, 0.05) is 0 Å². The zero-order valence-electron chi connectivity index (χ0n) is 9.13. The summed E-state index contributed by atoms with van der Waals surface area (Å²) >= 11 is 4.14. The van der Waals surface area contributed by atoms with Crippen molar-refractivity contribution in [2.45, 2.75) is 20.3 Å². The van der Waals surface area contributed by atoms with Crippen molar-refractivity contribution in [3.05, 3.63) is 35.9 Å². The van der Waals surface area contributed by atoms with Crippen LogP contribution in [0.1, 0.15) is 19.4 Å². The molecular formula is C10H15ClO4S. The lowest BCUT2D eigenvalue weighted by atomic mass is 10.0. The first-order chi connectivity index (χ1) is 7.35. The zero-order valence-corrected chi connectivity index (χ0v) is 10.7. The van der Waals surface area contributed by atoms with Crippen LogP contribution in [0.15, 0.2) is 30.3 Å². The van der Waals surface area contributed by atoms with Crippen LogP contribution in [0.25, 0.3) is 0 Å². The first-order valence-electron chi connectivity index (χ1n) is 4.66. The third kappa shape index (κ3) is 9.92. The average Bonchev–Trinajstić information content (AvgIpc) is 2.18. The molecule has 0 saturated heterocycles. The first kappa shape index (κ1) is 15.4. The zero-order chi connectivity index (χ0) is 12.6. The van der Waals surface area contributed by atoms with Gasteiger partial charge in [0.2, 0.25) is 0 Å². The fourth-order valence-electron chi connectivity index (χ4n) is 1.09. The number of benzene rings is 1.